The molecule has 1 aliphatic heterocycles. The minimum atomic E-state index is -0.687. The van der Waals surface area contributed by atoms with Gasteiger partial charge in [-0.3, -0.25) is 9.69 Å². The van der Waals surface area contributed by atoms with Crippen LogP contribution in [0.4, 0.5) is 0 Å². The third-order valence-electron chi connectivity index (χ3n) is 4.41. The molecule has 0 aromatic carbocycles. The molecular formula is C13H24N2O2. The molecule has 0 spiro atoms. The summed E-state index contributed by atoms with van der Waals surface area (Å²) in [5.74, 6) is 0.579. The standard InChI is InChI=1S/C13H24N2O2/c1-9-2-4-12(9)15-7-10(3-5-13(16)17)6-11(14)8-15/h9-12H,2-8,14H2,1H3,(H,16,17). The summed E-state index contributed by atoms with van der Waals surface area (Å²) >= 11 is 0. The van der Waals surface area contributed by atoms with Gasteiger partial charge >= 0.3 is 5.97 Å². The number of hydrogen-bond acceptors (Lipinski definition) is 3. The number of rotatable bonds is 4. The van der Waals surface area contributed by atoms with Gasteiger partial charge in [0, 0.05) is 31.6 Å². The maximum absolute atomic E-state index is 10.6. The fraction of sp³-hybridized carbons (Fsp3) is 0.923. The van der Waals surface area contributed by atoms with Gasteiger partial charge in [-0.2, -0.15) is 0 Å². The SMILES string of the molecule is CC1CCC1N1CC(N)CC(CCC(=O)O)C1. The van der Waals surface area contributed by atoms with E-state index in [9.17, 15) is 4.79 Å². The van der Waals surface area contributed by atoms with Crippen molar-refractivity contribution in [3.63, 3.8) is 0 Å². The minimum absolute atomic E-state index is 0.232. The van der Waals surface area contributed by atoms with Gasteiger partial charge in [0.2, 0.25) is 0 Å². The van der Waals surface area contributed by atoms with Crippen LogP contribution in [0.25, 0.3) is 0 Å². The monoisotopic (exact) mass is 240 g/mol. The number of hydrogen-bond donors (Lipinski definition) is 2. The van der Waals surface area contributed by atoms with Gasteiger partial charge in [0.15, 0.2) is 0 Å². The number of carbonyl (C=O) groups is 1. The Kier molecular flexibility index (Phi) is 4.05. The van der Waals surface area contributed by atoms with E-state index < -0.39 is 5.97 Å². The molecule has 2 fully saturated rings. The van der Waals surface area contributed by atoms with Gasteiger partial charge in [-0.05, 0) is 37.5 Å². The van der Waals surface area contributed by atoms with Crippen LogP contribution in [0.2, 0.25) is 0 Å². The second-order valence-electron chi connectivity index (χ2n) is 5.87. The highest BCUT2D eigenvalue weighted by Gasteiger charge is 2.36. The maximum Gasteiger partial charge on any atom is 0.303 e. The number of nitrogens with zero attached hydrogens (tertiary/aromatic N) is 1. The quantitative estimate of drug-likeness (QED) is 0.777. The summed E-state index contributed by atoms with van der Waals surface area (Å²) < 4.78 is 0. The third kappa shape index (κ3) is 3.19. The highest BCUT2D eigenvalue weighted by atomic mass is 16.4. The fourth-order valence-electron chi connectivity index (χ4n) is 3.28. The van der Waals surface area contributed by atoms with Gasteiger partial charge in [0.25, 0.3) is 0 Å². The first-order chi connectivity index (χ1) is 8.06. The molecule has 1 heterocycles. The van der Waals surface area contributed by atoms with Gasteiger partial charge in [-0.25, -0.2) is 0 Å². The molecule has 1 aliphatic carbocycles. The summed E-state index contributed by atoms with van der Waals surface area (Å²) in [6, 6.07) is 0.934. The lowest BCUT2D eigenvalue weighted by Crippen LogP contribution is -2.55. The molecule has 4 nitrogen and oxygen atoms in total. The molecule has 98 valence electrons. The fourth-order valence-corrected chi connectivity index (χ4v) is 3.28. The molecule has 0 bridgehead atoms. The first-order valence-corrected chi connectivity index (χ1v) is 6.77. The Labute approximate surface area is 103 Å². The van der Waals surface area contributed by atoms with Crippen LogP contribution in [0.1, 0.15) is 39.0 Å². The van der Waals surface area contributed by atoms with Crippen LogP contribution < -0.4 is 5.73 Å². The predicted octanol–water partition coefficient (Wildman–Crippen LogP) is 1.30. The highest BCUT2D eigenvalue weighted by molar-refractivity contribution is 5.66. The zero-order chi connectivity index (χ0) is 12.4. The van der Waals surface area contributed by atoms with Crippen molar-refractivity contribution in [3.8, 4) is 0 Å². The minimum Gasteiger partial charge on any atom is -0.481 e. The van der Waals surface area contributed by atoms with E-state index in [4.69, 9.17) is 10.8 Å². The summed E-state index contributed by atoms with van der Waals surface area (Å²) in [5.41, 5.74) is 6.09. The zero-order valence-electron chi connectivity index (χ0n) is 10.6. The van der Waals surface area contributed by atoms with Crippen LogP contribution in [-0.2, 0) is 4.79 Å². The van der Waals surface area contributed by atoms with Gasteiger partial charge < -0.3 is 10.8 Å². The van der Waals surface area contributed by atoms with Crippen LogP contribution in [0.3, 0.4) is 0 Å². The van der Waals surface area contributed by atoms with Crippen LogP contribution >= 0.6 is 0 Å². The first-order valence-electron chi connectivity index (χ1n) is 6.77. The molecule has 0 aromatic heterocycles. The summed E-state index contributed by atoms with van der Waals surface area (Å²) in [7, 11) is 0. The van der Waals surface area contributed by atoms with Crippen molar-refractivity contribution in [2.45, 2.75) is 51.1 Å². The van der Waals surface area contributed by atoms with E-state index in [1.54, 1.807) is 0 Å². The topological polar surface area (TPSA) is 66.6 Å². The van der Waals surface area contributed by atoms with Crippen molar-refractivity contribution in [2.24, 2.45) is 17.6 Å². The molecule has 2 aliphatic rings. The predicted molar refractivity (Wildman–Crippen MR) is 66.7 cm³/mol. The van der Waals surface area contributed by atoms with E-state index in [-0.39, 0.29) is 12.5 Å². The molecule has 4 heteroatoms. The lowest BCUT2D eigenvalue weighted by Gasteiger charge is -2.48. The number of carboxylic acid groups (broad SMARTS) is 1. The van der Waals surface area contributed by atoms with Crippen LogP contribution in [0.15, 0.2) is 0 Å². The Morgan fingerprint density at radius 2 is 2.18 bits per heavy atom. The number of nitrogens with two attached hydrogens (primary N) is 1. The normalized spacial score (nSPS) is 38.7. The van der Waals surface area contributed by atoms with Gasteiger partial charge in [0.05, 0.1) is 0 Å². The molecule has 17 heavy (non-hydrogen) atoms. The largest absolute Gasteiger partial charge is 0.481 e. The molecule has 0 radical (unpaired) electrons. The number of piperidine rings is 1. The number of carboxylic acids is 1. The Morgan fingerprint density at radius 1 is 1.41 bits per heavy atom. The molecule has 4 atom stereocenters. The van der Waals surface area contributed by atoms with Gasteiger partial charge in [-0.15, -0.1) is 0 Å². The maximum atomic E-state index is 10.6. The van der Waals surface area contributed by atoms with E-state index in [0.29, 0.717) is 12.0 Å². The third-order valence-corrected chi connectivity index (χ3v) is 4.41. The molecular weight excluding hydrogens is 216 g/mol. The average molecular weight is 240 g/mol. The van der Waals surface area contributed by atoms with Crippen molar-refractivity contribution in [3.05, 3.63) is 0 Å². The molecule has 0 aromatic rings. The van der Waals surface area contributed by atoms with E-state index in [1.165, 1.54) is 12.8 Å². The first kappa shape index (κ1) is 12.8. The Hall–Kier alpha value is -0.610. The van der Waals surface area contributed by atoms with Gasteiger partial charge in [-0.1, -0.05) is 6.92 Å². The summed E-state index contributed by atoms with van der Waals surface area (Å²) in [6.45, 7) is 4.36. The molecule has 2 rings (SSSR count). The Balaban J connectivity index is 1.85. The van der Waals surface area contributed by atoms with Gasteiger partial charge in [0.1, 0.15) is 0 Å². The highest BCUT2D eigenvalue weighted by Crippen LogP contribution is 2.34. The average Bonchev–Trinajstić information content (AvgIpc) is 2.23. The van der Waals surface area contributed by atoms with Crippen LogP contribution in [0.5, 0.6) is 0 Å². The number of aliphatic carboxylic acids is 1. The Bertz CT molecular complexity index is 283. The van der Waals surface area contributed by atoms with Crippen molar-refractivity contribution in [2.75, 3.05) is 13.1 Å². The molecule has 3 N–H and O–H groups in total. The second-order valence-corrected chi connectivity index (χ2v) is 5.87. The van der Waals surface area contributed by atoms with Crippen LogP contribution in [-0.4, -0.2) is 41.1 Å². The van der Waals surface area contributed by atoms with E-state index in [1.807, 2.05) is 0 Å². The van der Waals surface area contributed by atoms with E-state index >= 15 is 0 Å². The molecule has 1 saturated heterocycles. The summed E-state index contributed by atoms with van der Waals surface area (Å²) in [5, 5.41) is 8.74. The molecule has 4 unspecified atom stereocenters. The van der Waals surface area contributed by atoms with Crippen molar-refractivity contribution in [1.29, 1.82) is 0 Å². The van der Waals surface area contributed by atoms with Crippen molar-refractivity contribution in [1.82, 2.24) is 4.90 Å². The van der Waals surface area contributed by atoms with E-state index in [2.05, 4.69) is 11.8 Å². The van der Waals surface area contributed by atoms with Crippen LogP contribution in [0, 0.1) is 11.8 Å². The summed E-state index contributed by atoms with van der Waals surface area (Å²) in [6.07, 6.45) is 4.67. The zero-order valence-corrected chi connectivity index (χ0v) is 10.6. The second kappa shape index (κ2) is 5.36. The lowest BCUT2D eigenvalue weighted by atomic mass is 9.78. The smallest absolute Gasteiger partial charge is 0.303 e. The Morgan fingerprint density at radius 3 is 2.71 bits per heavy atom. The lowest BCUT2D eigenvalue weighted by molar-refractivity contribution is -0.137. The van der Waals surface area contributed by atoms with Crippen molar-refractivity contribution >= 4 is 5.97 Å². The molecule has 1 saturated carbocycles. The number of likely N-dealkylation sites (tertiary alicyclic amines) is 1. The molecule has 0 amide bonds. The summed E-state index contributed by atoms with van der Waals surface area (Å²) in [4.78, 5) is 13.1. The van der Waals surface area contributed by atoms with Crippen molar-refractivity contribution < 1.29 is 9.90 Å². The van der Waals surface area contributed by atoms with E-state index in [0.717, 1.165) is 31.8 Å².